The molecule has 0 unspecified atom stereocenters. The van der Waals surface area contributed by atoms with Crippen LogP contribution in [0.15, 0.2) is 35.2 Å². The molecule has 0 aliphatic heterocycles. The van der Waals surface area contributed by atoms with E-state index in [1.54, 1.807) is 0 Å². The van der Waals surface area contributed by atoms with E-state index >= 15 is 0 Å². The Morgan fingerprint density at radius 3 is 2.36 bits per heavy atom. The molecule has 25 heavy (non-hydrogen) atoms. The SMILES string of the molecule is CCCn1c(C)cc(C(=O)CN(C)S(=O)(=O)c2ccc(Cl)cc2)c1C. The third kappa shape index (κ3) is 4.14. The van der Waals surface area contributed by atoms with Gasteiger partial charge in [-0.3, -0.25) is 4.79 Å². The Morgan fingerprint density at radius 2 is 1.80 bits per heavy atom. The molecular weight excluding hydrogens is 360 g/mol. The van der Waals surface area contributed by atoms with E-state index in [9.17, 15) is 13.2 Å². The molecule has 1 heterocycles. The van der Waals surface area contributed by atoms with Crippen molar-refractivity contribution in [2.45, 2.75) is 38.6 Å². The molecule has 136 valence electrons. The summed E-state index contributed by atoms with van der Waals surface area (Å²) in [5.74, 6) is -0.213. The summed E-state index contributed by atoms with van der Waals surface area (Å²) in [6, 6.07) is 7.73. The van der Waals surface area contributed by atoms with E-state index in [0.717, 1.165) is 28.7 Å². The highest BCUT2D eigenvalue weighted by Gasteiger charge is 2.25. The monoisotopic (exact) mass is 382 g/mol. The van der Waals surface area contributed by atoms with Crippen molar-refractivity contribution >= 4 is 27.4 Å². The topological polar surface area (TPSA) is 59.4 Å². The number of benzene rings is 1. The zero-order chi connectivity index (χ0) is 18.8. The van der Waals surface area contributed by atoms with Crippen LogP contribution in [0.5, 0.6) is 0 Å². The van der Waals surface area contributed by atoms with Gasteiger partial charge in [0.05, 0.1) is 11.4 Å². The van der Waals surface area contributed by atoms with Crippen molar-refractivity contribution in [2.75, 3.05) is 13.6 Å². The molecule has 0 saturated carbocycles. The average molecular weight is 383 g/mol. The van der Waals surface area contributed by atoms with Crippen molar-refractivity contribution in [2.24, 2.45) is 0 Å². The average Bonchev–Trinajstić information content (AvgIpc) is 2.83. The van der Waals surface area contributed by atoms with Gasteiger partial charge in [-0.05, 0) is 50.6 Å². The van der Waals surface area contributed by atoms with Gasteiger partial charge in [0.2, 0.25) is 10.0 Å². The normalized spacial score (nSPS) is 11.9. The third-order valence-electron chi connectivity index (χ3n) is 4.21. The van der Waals surface area contributed by atoms with Crippen LogP contribution in [0.3, 0.4) is 0 Å². The molecule has 2 rings (SSSR count). The molecule has 0 amide bonds. The zero-order valence-corrected chi connectivity index (χ0v) is 16.5. The molecule has 0 bridgehead atoms. The lowest BCUT2D eigenvalue weighted by atomic mass is 10.1. The number of ketones is 1. The van der Waals surface area contributed by atoms with E-state index in [1.807, 2.05) is 19.9 Å². The molecule has 0 spiro atoms. The first-order chi connectivity index (χ1) is 11.7. The standard InChI is InChI=1S/C18H23ClN2O3S/c1-5-10-21-13(2)11-17(14(21)3)18(22)12-20(4)25(23,24)16-8-6-15(19)7-9-16/h6-9,11H,5,10,12H2,1-4H3. The van der Waals surface area contributed by atoms with E-state index in [4.69, 9.17) is 11.6 Å². The van der Waals surface area contributed by atoms with Crippen molar-refractivity contribution in [1.82, 2.24) is 8.87 Å². The fraction of sp³-hybridized carbons (Fsp3) is 0.389. The summed E-state index contributed by atoms with van der Waals surface area (Å²) in [5.41, 5.74) is 2.46. The first kappa shape index (κ1) is 19.7. The van der Waals surface area contributed by atoms with Crippen LogP contribution in [0.25, 0.3) is 0 Å². The Bertz CT molecular complexity index is 870. The molecule has 0 atom stereocenters. The molecule has 0 saturated heterocycles. The second-order valence-electron chi connectivity index (χ2n) is 6.07. The van der Waals surface area contributed by atoms with E-state index in [1.165, 1.54) is 31.3 Å². The molecule has 0 aliphatic rings. The maximum Gasteiger partial charge on any atom is 0.243 e. The van der Waals surface area contributed by atoms with Crippen LogP contribution in [-0.2, 0) is 16.6 Å². The van der Waals surface area contributed by atoms with Crippen molar-refractivity contribution in [3.05, 3.63) is 52.3 Å². The van der Waals surface area contributed by atoms with Crippen molar-refractivity contribution < 1.29 is 13.2 Å². The van der Waals surface area contributed by atoms with Gasteiger partial charge in [0.25, 0.3) is 0 Å². The second kappa shape index (κ2) is 7.72. The van der Waals surface area contributed by atoms with E-state index in [2.05, 4.69) is 11.5 Å². The van der Waals surface area contributed by atoms with Crippen LogP contribution in [0.1, 0.15) is 35.1 Å². The minimum atomic E-state index is -3.74. The van der Waals surface area contributed by atoms with Gasteiger partial charge in [0.1, 0.15) is 0 Å². The summed E-state index contributed by atoms with van der Waals surface area (Å²) in [4.78, 5) is 12.8. The smallest absolute Gasteiger partial charge is 0.243 e. The number of hydrogen-bond donors (Lipinski definition) is 0. The summed E-state index contributed by atoms with van der Waals surface area (Å²) >= 11 is 5.80. The van der Waals surface area contributed by atoms with E-state index in [-0.39, 0.29) is 17.2 Å². The Hall–Kier alpha value is -1.63. The van der Waals surface area contributed by atoms with Gasteiger partial charge in [0, 0.05) is 35.6 Å². The fourth-order valence-electron chi connectivity index (χ4n) is 2.81. The van der Waals surface area contributed by atoms with Crippen LogP contribution >= 0.6 is 11.6 Å². The van der Waals surface area contributed by atoms with Gasteiger partial charge in [-0.25, -0.2) is 8.42 Å². The van der Waals surface area contributed by atoms with Crippen LogP contribution in [0.4, 0.5) is 0 Å². The number of hydrogen-bond acceptors (Lipinski definition) is 3. The molecule has 1 aromatic heterocycles. The number of rotatable bonds is 7. The molecule has 0 radical (unpaired) electrons. The predicted octanol–water partition coefficient (Wildman–Crippen LogP) is 3.67. The summed E-state index contributed by atoms with van der Waals surface area (Å²) in [6.07, 6.45) is 0.967. The lowest BCUT2D eigenvalue weighted by Gasteiger charge is -2.16. The van der Waals surface area contributed by atoms with Crippen molar-refractivity contribution in [1.29, 1.82) is 0 Å². The number of nitrogens with zero attached hydrogens (tertiary/aromatic N) is 2. The predicted molar refractivity (Wildman–Crippen MR) is 99.8 cm³/mol. The lowest BCUT2D eigenvalue weighted by molar-refractivity contribution is 0.0972. The summed E-state index contributed by atoms with van der Waals surface area (Å²) in [6.45, 7) is 6.55. The first-order valence-corrected chi connectivity index (χ1v) is 9.92. The van der Waals surface area contributed by atoms with Crippen LogP contribution in [0.2, 0.25) is 5.02 Å². The van der Waals surface area contributed by atoms with E-state index in [0.29, 0.717) is 10.6 Å². The molecule has 2 aromatic rings. The van der Waals surface area contributed by atoms with Gasteiger partial charge in [0.15, 0.2) is 5.78 Å². The molecule has 7 heteroatoms. The molecule has 1 aromatic carbocycles. The molecule has 0 fully saturated rings. The van der Waals surface area contributed by atoms with Gasteiger partial charge < -0.3 is 4.57 Å². The summed E-state index contributed by atoms with van der Waals surface area (Å²) in [5, 5.41) is 0.459. The molecule has 0 N–H and O–H groups in total. The van der Waals surface area contributed by atoms with Crippen LogP contribution < -0.4 is 0 Å². The van der Waals surface area contributed by atoms with Gasteiger partial charge in [-0.2, -0.15) is 4.31 Å². The number of carbonyl (C=O) groups excluding carboxylic acids is 1. The Kier molecular flexibility index (Phi) is 6.08. The molecule has 5 nitrogen and oxygen atoms in total. The fourth-order valence-corrected chi connectivity index (χ4v) is 4.06. The summed E-state index contributed by atoms with van der Waals surface area (Å²) < 4.78 is 28.3. The number of aryl methyl sites for hydroxylation is 1. The number of aromatic nitrogens is 1. The van der Waals surface area contributed by atoms with Gasteiger partial charge in [-0.1, -0.05) is 18.5 Å². The Balaban J connectivity index is 2.22. The van der Waals surface area contributed by atoms with Crippen LogP contribution in [0, 0.1) is 13.8 Å². The van der Waals surface area contributed by atoms with Gasteiger partial charge >= 0.3 is 0 Å². The number of sulfonamides is 1. The van der Waals surface area contributed by atoms with Crippen molar-refractivity contribution in [3.8, 4) is 0 Å². The quantitative estimate of drug-likeness (QED) is 0.686. The number of Topliss-reactive ketones (excluding diaryl/α,β-unsaturated/α-hetero) is 1. The first-order valence-electron chi connectivity index (χ1n) is 8.10. The largest absolute Gasteiger partial charge is 0.348 e. The van der Waals surface area contributed by atoms with E-state index < -0.39 is 10.0 Å². The van der Waals surface area contributed by atoms with Gasteiger partial charge in [-0.15, -0.1) is 0 Å². The highest BCUT2D eigenvalue weighted by molar-refractivity contribution is 7.89. The summed E-state index contributed by atoms with van der Waals surface area (Å²) in [7, 11) is -2.33. The minimum absolute atomic E-state index is 0.114. The third-order valence-corrected chi connectivity index (χ3v) is 6.28. The molecular formula is C18H23ClN2O3S. The number of halogens is 1. The second-order valence-corrected chi connectivity index (χ2v) is 8.56. The lowest BCUT2D eigenvalue weighted by Crippen LogP contribution is -2.32. The number of likely N-dealkylation sites (N-methyl/N-ethyl adjacent to an activating group) is 1. The maximum absolute atomic E-state index is 12.6. The Morgan fingerprint density at radius 1 is 1.20 bits per heavy atom. The Labute approximate surface area is 154 Å². The highest BCUT2D eigenvalue weighted by atomic mass is 35.5. The molecule has 0 aliphatic carbocycles. The maximum atomic E-state index is 12.6. The number of carbonyl (C=O) groups is 1. The zero-order valence-electron chi connectivity index (χ0n) is 14.9. The van der Waals surface area contributed by atoms with Crippen molar-refractivity contribution in [3.63, 3.8) is 0 Å². The van der Waals surface area contributed by atoms with Crippen LogP contribution in [-0.4, -0.2) is 36.7 Å². The minimum Gasteiger partial charge on any atom is -0.348 e. The highest BCUT2D eigenvalue weighted by Crippen LogP contribution is 2.20.